The van der Waals surface area contributed by atoms with Gasteiger partial charge in [-0.15, -0.1) is 0 Å². The first kappa shape index (κ1) is 20.7. The molecule has 1 aliphatic heterocycles. The van der Waals surface area contributed by atoms with Crippen LogP contribution in [0.5, 0.6) is 5.75 Å². The number of phenolic OH excluding ortho intramolecular Hbond substituents is 1. The van der Waals surface area contributed by atoms with Gasteiger partial charge in [0.25, 0.3) is 5.91 Å². The highest BCUT2D eigenvalue weighted by Crippen LogP contribution is 2.35. The second-order valence-electron chi connectivity index (χ2n) is 7.97. The summed E-state index contributed by atoms with van der Waals surface area (Å²) >= 11 is 0. The number of carbonyl (C=O) groups excluding carboxylic acids is 1. The zero-order valence-electron chi connectivity index (χ0n) is 18.1. The molecule has 5 heteroatoms. The lowest BCUT2D eigenvalue weighted by Crippen LogP contribution is -2.27. The Balaban J connectivity index is 1.72. The average Bonchev–Trinajstić information content (AvgIpc) is 3.25. The third-order valence-electron chi connectivity index (χ3n) is 5.73. The Bertz CT molecular complexity index is 1110. The number of anilines is 1. The minimum Gasteiger partial charge on any atom is -0.508 e. The standard InChI is InChI=1S/C26H27N3O2/c1-4-18-16-21(12-15-25(18)30)23-17-24(19-10-13-22(14-11-19)28(2)3)29(27-23)26(31)20-8-6-5-7-9-20/h5-16,24,30H,4,17H2,1-3H3. The Kier molecular flexibility index (Phi) is 5.76. The van der Waals surface area contributed by atoms with Crippen LogP contribution in [0.15, 0.2) is 77.9 Å². The molecule has 0 radical (unpaired) electrons. The Hall–Kier alpha value is -3.60. The molecule has 1 heterocycles. The topological polar surface area (TPSA) is 56.1 Å². The number of benzene rings is 3. The number of nitrogens with zero attached hydrogens (tertiary/aromatic N) is 3. The third-order valence-corrected chi connectivity index (χ3v) is 5.73. The molecule has 31 heavy (non-hydrogen) atoms. The largest absolute Gasteiger partial charge is 0.508 e. The summed E-state index contributed by atoms with van der Waals surface area (Å²) in [5.41, 5.74) is 5.42. The number of carbonyl (C=O) groups is 1. The molecule has 0 fully saturated rings. The highest BCUT2D eigenvalue weighted by molar-refractivity contribution is 6.05. The predicted molar refractivity (Wildman–Crippen MR) is 125 cm³/mol. The molecule has 3 aromatic carbocycles. The van der Waals surface area contributed by atoms with E-state index in [9.17, 15) is 9.90 Å². The summed E-state index contributed by atoms with van der Waals surface area (Å²) in [7, 11) is 4.01. The minimum absolute atomic E-state index is 0.119. The first-order valence-corrected chi connectivity index (χ1v) is 10.5. The molecule has 0 aliphatic carbocycles. The average molecular weight is 414 g/mol. The predicted octanol–water partition coefficient (Wildman–Crippen LogP) is 5.01. The first-order valence-electron chi connectivity index (χ1n) is 10.5. The molecule has 1 atom stereocenters. The van der Waals surface area contributed by atoms with Crippen molar-refractivity contribution in [2.75, 3.05) is 19.0 Å². The number of rotatable bonds is 5. The lowest BCUT2D eigenvalue weighted by Gasteiger charge is -2.23. The number of phenols is 1. The smallest absolute Gasteiger partial charge is 0.274 e. The van der Waals surface area contributed by atoms with Crippen LogP contribution in [0.1, 0.15) is 46.4 Å². The Morgan fingerprint density at radius 1 is 1.06 bits per heavy atom. The lowest BCUT2D eigenvalue weighted by atomic mass is 9.96. The molecule has 1 amide bonds. The van der Waals surface area contributed by atoms with Crippen molar-refractivity contribution in [1.82, 2.24) is 5.01 Å². The van der Waals surface area contributed by atoms with E-state index in [4.69, 9.17) is 5.10 Å². The molecular weight excluding hydrogens is 386 g/mol. The van der Waals surface area contributed by atoms with Crippen LogP contribution in [0.2, 0.25) is 0 Å². The molecule has 5 nitrogen and oxygen atoms in total. The quantitative estimate of drug-likeness (QED) is 0.640. The van der Waals surface area contributed by atoms with Crippen molar-refractivity contribution < 1.29 is 9.90 Å². The molecule has 0 bridgehead atoms. The van der Waals surface area contributed by atoms with Crippen LogP contribution < -0.4 is 4.90 Å². The molecule has 0 aromatic heterocycles. The van der Waals surface area contributed by atoms with Crippen LogP contribution in [0.3, 0.4) is 0 Å². The van der Waals surface area contributed by atoms with E-state index in [0.717, 1.165) is 34.5 Å². The van der Waals surface area contributed by atoms with Crippen molar-refractivity contribution in [2.24, 2.45) is 5.10 Å². The van der Waals surface area contributed by atoms with Gasteiger partial charge in [-0.25, -0.2) is 5.01 Å². The van der Waals surface area contributed by atoms with Gasteiger partial charge in [0.2, 0.25) is 0 Å². The van der Waals surface area contributed by atoms with Gasteiger partial charge in [-0.3, -0.25) is 4.79 Å². The molecule has 1 unspecified atom stereocenters. The van der Waals surface area contributed by atoms with Crippen LogP contribution in [-0.4, -0.2) is 35.8 Å². The number of aromatic hydroxyl groups is 1. The first-order chi connectivity index (χ1) is 15.0. The van der Waals surface area contributed by atoms with E-state index in [1.807, 2.05) is 63.5 Å². The fourth-order valence-electron chi connectivity index (χ4n) is 3.89. The summed E-state index contributed by atoms with van der Waals surface area (Å²) in [6.07, 6.45) is 1.35. The number of hydrazone groups is 1. The SMILES string of the molecule is CCc1cc(C2=NN(C(=O)c3ccccc3)C(c3ccc(N(C)C)cc3)C2)ccc1O. The highest BCUT2D eigenvalue weighted by Gasteiger charge is 2.33. The third kappa shape index (κ3) is 4.17. The minimum atomic E-state index is -0.183. The Morgan fingerprint density at radius 2 is 1.77 bits per heavy atom. The van der Waals surface area contributed by atoms with Gasteiger partial charge in [0.1, 0.15) is 5.75 Å². The summed E-state index contributed by atoms with van der Waals surface area (Å²) in [4.78, 5) is 15.4. The number of hydrogen-bond donors (Lipinski definition) is 1. The van der Waals surface area contributed by atoms with E-state index in [1.54, 1.807) is 11.1 Å². The van der Waals surface area contributed by atoms with Gasteiger partial charge in [-0.1, -0.05) is 37.3 Å². The van der Waals surface area contributed by atoms with Gasteiger partial charge in [0.15, 0.2) is 0 Å². The monoisotopic (exact) mass is 413 g/mol. The van der Waals surface area contributed by atoms with Crippen molar-refractivity contribution in [3.8, 4) is 5.75 Å². The van der Waals surface area contributed by atoms with Gasteiger partial charge in [0, 0.05) is 31.8 Å². The van der Waals surface area contributed by atoms with E-state index < -0.39 is 0 Å². The van der Waals surface area contributed by atoms with Crippen molar-refractivity contribution in [3.63, 3.8) is 0 Å². The maximum Gasteiger partial charge on any atom is 0.274 e. The normalized spacial score (nSPS) is 15.6. The van der Waals surface area contributed by atoms with Gasteiger partial charge in [-0.2, -0.15) is 5.10 Å². The summed E-state index contributed by atoms with van der Waals surface area (Å²) in [6.45, 7) is 2.01. The Labute approximate surface area is 183 Å². The van der Waals surface area contributed by atoms with Crippen molar-refractivity contribution >= 4 is 17.3 Å². The van der Waals surface area contributed by atoms with Crippen LogP contribution in [0.4, 0.5) is 5.69 Å². The molecule has 3 aromatic rings. The fraction of sp³-hybridized carbons (Fsp3) is 0.231. The summed E-state index contributed by atoms with van der Waals surface area (Å²) in [5.74, 6) is 0.171. The summed E-state index contributed by atoms with van der Waals surface area (Å²) in [5, 5.41) is 16.4. The van der Waals surface area contributed by atoms with E-state index in [1.165, 1.54) is 0 Å². The molecule has 0 saturated heterocycles. The van der Waals surface area contributed by atoms with Crippen LogP contribution in [-0.2, 0) is 6.42 Å². The molecule has 1 N–H and O–H groups in total. The summed E-state index contributed by atoms with van der Waals surface area (Å²) in [6, 6.07) is 22.9. The van der Waals surface area contributed by atoms with Crippen molar-refractivity contribution in [2.45, 2.75) is 25.8 Å². The maximum absolute atomic E-state index is 13.3. The number of hydrogen-bond acceptors (Lipinski definition) is 4. The maximum atomic E-state index is 13.3. The van der Waals surface area contributed by atoms with E-state index in [2.05, 4.69) is 29.2 Å². The Morgan fingerprint density at radius 3 is 2.42 bits per heavy atom. The van der Waals surface area contributed by atoms with Gasteiger partial charge < -0.3 is 10.0 Å². The molecule has 0 saturated carbocycles. The number of amides is 1. The van der Waals surface area contributed by atoms with E-state index in [-0.39, 0.29) is 17.7 Å². The van der Waals surface area contributed by atoms with Crippen molar-refractivity contribution in [1.29, 1.82) is 0 Å². The zero-order valence-corrected chi connectivity index (χ0v) is 18.1. The second kappa shape index (κ2) is 8.64. The highest BCUT2D eigenvalue weighted by atomic mass is 16.3. The van der Waals surface area contributed by atoms with Gasteiger partial charge >= 0.3 is 0 Å². The molecule has 158 valence electrons. The van der Waals surface area contributed by atoms with E-state index >= 15 is 0 Å². The lowest BCUT2D eigenvalue weighted by molar-refractivity contribution is 0.0711. The molecule has 1 aliphatic rings. The molecule has 4 rings (SSSR count). The second-order valence-corrected chi connectivity index (χ2v) is 7.97. The van der Waals surface area contributed by atoms with E-state index in [0.29, 0.717) is 12.0 Å². The van der Waals surface area contributed by atoms with Crippen LogP contribution >= 0.6 is 0 Å². The van der Waals surface area contributed by atoms with Gasteiger partial charge in [0.05, 0.1) is 11.8 Å². The molecule has 0 spiro atoms. The fourth-order valence-corrected chi connectivity index (χ4v) is 3.89. The zero-order chi connectivity index (χ0) is 22.0. The summed E-state index contributed by atoms with van der Waals surface area (Å²) < 4.78 is 0. The molecular formula is C26H27N3O2. The number of aryl methyl sites for hydroxylation is 1. The van der Waals surface area contributed by atoms with Crippen LogP contribution in [0.25, 0.3) is 0 Å². The van der Waals surface area contributed by atoms with Crippen molar-refractivity contribution in [3.05, 3.63) is 95.1 Å². The van der Waals surface area contributed by atoms with Crippen LogP contribution in [0, 0.1) is 0 Å². The van der Waals surface area contributed by atoms with Gasteiger partial charge in [-0.05, 0) is 65.6 Å².